The van der Waals surface area contributed by atoms with Crippen molar-refractivity contribution in [2.24, 2.45) is 11.1 Å². The van der Waals surface area contributed by atoms with Crippen LogP contribution in [0.1, 0.15) is 32.6 Å². The maximum Gasteiger partial charge on any atom is 0.311 e. The molecule has 0 aromatic heterocycles. The molecule has 3 heteroatoms. The van der Waals surface area contributed by atoms with Gasteiger partial charge in [0, 0.05) is 6.04 Å². The standard InChI is InChI=1S/C9H17NO2/c1-9(8(11)12-2)5-3-7(10)4-6-9/h7H,3-6,10H2,1-2H3/t7-,9-. The molecule has 0 spiro atoms. The number of esters is 1. The van der Waals surface area contributed by atoms with Crippen molar-refractivity contribution in [2.45, 2.75) is 38.6 Å². The molecule has 12 heavy (non-hydrogen) atoms. The number of methoxy groups -OCH3 is 1. The first-order chi connectivity index (χ1) is 5.58. The zero-order chi connectivity index (χ0) is 9.19. The van der Waals surface area contributed by atoms with Crippen LogP contribution in [-0.4, -0.2) is 19.1 Å². The van der Waals surface area contributed by atoms with E-state index >= 15 is 0 Å². The molecule has 0 radical (unpaired) electrons. The molecule has 0 unspecified atom stereocenters. The topological polar surface area (TPSA) is 52.3 Å². The fourth-order valence-corrected chi connectivity index (χ4v) is 1.73. The lowest BCUT2D eigenvalue weighted by Gasteiger charge is -2.33. The van der Waals surface area contributed by atoms with Gasteiger partial charge in [0.1, 0.15) is 0 Å². The Kier molecular flexibility index (Phi) is 2.73. The second-order valence-corrected chi connectivity index (χ2v) is 3.89. The molecule has 0 aromatic carbocycles. The lowest BCUT2D eigenvalue weighted by molar-refractivity contribution is -0.153. The minimum absolute atomic E-state index is 0.0885. The third-order valence-corrected chi connectivity index (χ3v) is 2.81. The molecular weight excluding hydrogens is 154 g/mol. The van der Waals surface area contributed by atoms with Gasteiger partial charge < -0.3 is 10.5 Å². The summed E-state index contributed by atoms with van der Waals surface area (Å²) in [5.74, 6) is -0.0885. The number of hydrogen-bond acceptors (Lipinski definition) is 3. The van der Waals surface area contributed by atoms with Gasteiger partial charge in [0.25, 0.3) is 0 Å². The Morgan fingerprint density at radius 3 is 2.42 bits per heavy atom. The van der Waals surface area contributed by atoms with Crippen LogP contribution in [0.4, 0.5) is 0 Å². The van der Waals surface area contributed by atoms with Crippen molar-refractivity contribution >= 4 is 5.97 Å². The van der Waals surface area contributed by atoms with Crippen LogP contribution in [0, 0.1) is 5.41 Å². The molecule has 0 aromatic rings. The molecule has 1 aliphatic carbocycles. The van der Waals surface area contributed by atoms with Gasteiger partial charge >= 0.3 is 5.97 Å². The Balaban J connectivity index is 2.55. The summed E-state index contributed by atoms with van der Waals surface area (Å²) in [7, 11) is 1.45. The van der Waals surface area contributed by atoms with Crippen LogP contribution in [0.25, 0.3) is 0 Å². The average Bonchev–Trinajstić information content (AvgIpc) is 2.09. The van der Waals surface area contributed by atoms with E-state index in [4.69, 9.17) is 10.5 Å². The molecule has 1 aliphatic rings. The summed E-state index contributed by atoms with van der Waals surface area (Å²) in [5, 5.41) is 0. The third-order valence-electron chi connectivity index (χ3n) is 2.81. The van der Waals surface area contributed by atoms with E-state index in [1.165, 1.54) is 7.11 Å². The van der Waals surface area contributed by atoms with Gasteiger partial charge in [-0.2, -0.15) is 0 Å². The smallest absolute Gasteiger partial charge is 0.311 e. The molecule has 1 fully saturated rings. The van der Waals surface area contributed by atoms with E-state index < -0.39 is 0 Å². The van der Waals surface area contributed by atoms with Crippen molar-refractivity contribution in [3.05, 3.63) is 0 Å². The Hall–Kier alpha value is -0.570. The molecule has 0 saturated heterocycles. The van der Waals surface area contributed by atoms with Gasteiger partial charge in [-0.3, -0.25) is 4.79 Å². The summed E-state index contributed by atoms with van der Waals surface area (Å²) in [6, 6.07) is 0.280. The molecular formula is C9H17NO2. The first-order valence-electron chi connectivity index (χ1n) is 4.42. The fourth-order valence-electron chi connectivity index (χ4n) is 1.73. The van der Waals surface area contributed by atoms with Gasteiger partial charge in [-0.15, -0.1) is 0 Å². The van der Waals surface area contributed by atoms with E-state index in [1.807, 2.05) is 6.92 Å². The highest BCUT2D eigenvalue weighted by Crippen LogP contribution is 2.36. The lowest BCUT2D eigenvalue weighted by Crippen LogP contribution is -2.37. The zero-order valence-electron chi connectivity index (χ0n) is 7.80. The molecule has 3 nitrogen and oxygen atoms in total. The van der Waals surface area contributed by atoms with Crippen molar-refractivity contribution in [1.82, 2.24) is 0 Å². The van der Waals surface area contributed by atoms with E-state index in [0.29, 0.717) is 0 Å². The number of carbonyl (C=O) groups excluding carboxylic acids is 1. The molecule has 1 saturated carbocycles. The van der Waals surface area contributed by atoms with Gasteiger partial charge in [-0.05, 0) is 32.6 Å². The molecule has 0 amide bonds. The van der Waals surface area contributed by atoms with E-state index in [0.717, 1.165) is 25.7 Å². The summed E-state index contributed by atoms with van der Waals surface area (Å²) in [6.07, 6.45) is 3.60. The summed E-state index contributed by atoms with van der Waals surface area (Å²) in [6.45, 7) is 1.96. The summed E-state index contributed by atoms with van der Waals surface area (Å²) in [4.78, 5) is 11.3. The quantitative estimate of drug-likeness (QED) is 0.600. The van der Waals surface area contributed by atoms with E-state index in [9.17, 15) is 4.79 Å². The van der Waals surface area contributed by atoms with Crippen LogP contribution < -0.4 is 5.73 Å². The highest BCUT2D eigenvalue weighted by Gasteiger charge is 2.37. The maximum absolute atomic E-state index is 11.3. The third kappa shape index (κ3) is 1.78. The lowest BCUT2D eigenvalue weighted by atomic mass is 9.74. The van der Waals surface area contributed by atoms with Crippen LogP contribution in [0.15, 0.2) is 0 Å². The maximum atomic E-state index is 11.3. The summed E-state index contributed by atoms with van der Waals surface area (Å²) >= 11 is 0. The molecule has 2 N–H and O–H groups in total. The van der Waals surface area contributed by atoms with Crippen LogP contribution in [0.2, 0.25) is 0 Å². The Morgan fingerprint density at radius 1 is 1.50 bits per heavy atom. The number of ether oxygens (including phenoxy) is 1. The molecule has 0 aliphatic heterocycles. The number of hydrogen-bond donors (Lipinski definition) is 1. The average molecular weight is 171 g/mol. The fraction of sp³-hybridized carbons (Fsp3) is 0.889. The Bertz CT molecular complexity index is 171. The zero-order valence-corrected chi connectivity index (χ0v) is 7.80. The molecule has 70 valence electrons. The second-order valence-electron chi connectivity index (χ2n) is 3.89. The van der Waals surface area contributed by atoms with E-state index in [1.54, 1.807) is 0 Å². The van der Waals surface area contributed by atoms with Crippen molar-refractivity contribution in [3.8, 4) is 0 Å². The molecule has 1 rings (SSSR count). The van der Waals surface area contributed by atoms with Crippen molar-refractivity contribution in [3.63, 3.8) is 0 Å². The number of nitrogens with two attached hydrogens (primary N) is 1. The van der Waals surface area contributed by atoms with E-state index in [-0.39, 0.29) is 17.4 Å². The highest BCUT2D eigenvalue weighted by atomic mass is 16.5. The first-order valence-corrected chi connectivity index (χ1v) is 4.42. The SMILES string of the molecule is COC(=O)[C@]1(C)CC[C@@H](N)CC1. The normalized spacial score (nSPS) is 36.1. The van der Waals surface area contributed by atoms with Gasteiger partial charge in [-0.25, -0.2) is 0 Å². The highest BCUT2D eigenvalue weighted by molar-refractivity contribution is 5.76. The number of carbonyl (C=O) groups is 1. The predicted octanol–water partition coefficient (Wildman–Crippen LogP) is 1.07. The van der Waals surface area contributed by atoms with Crippen molar-refractivity contribution < 1.29 is 9.53 Å². The monoisotopic (exact) mass is 171 g/mol. The van der Waals surface area contributed by atoms with Crippen molar-refractivity contribution in [2.75, 3.05) is 7.11 Å². The Labute approximate surface area is 73.3 Å². The van der Waals surface area contributed by atoms with Gasteiger partial charge in [-0.1, -0.05) is 0 Å². The van der Waals surface area contributed by atoms with Crippen LogP contribution in [-0.2, 0) is 9.53 Å². The first kappa shape index (κ1) is 9.52. The van der Waals surface area contributed by atoms with Gasteiger partial charge in [0.05, 0.1) is 12.5 Å². The van der Waals surface area contributed by atoms with Crippen LogP contribution >= 0.6 is 0 Å². The predicted molar refractivity (Wildman–Crippen MR) is 46.6 cm³/mol. The number of rotatable bonds is 1. The van der Waals surface area contributed by atoms with Crippen molar-refractivity contribution in [1.29, 1.82) is 0 Å². The Morgan fingerprint density at radius 2 is 2.00 bits per heavy atom. The summed E-state index contributed by atoms with van der Waals surface area (Å²) in [5.41, 5.74) is 5.47. The summed E-state index contributed by atoms with van der Waals surface area (Å²) < 4.78 is 4.75. The van der Waals surface area contributed by atoms with Gasteiger partial charge in [0.2, 0.25) is 0 Å². The van der Waals surface area contributed by atoms with Gasteiger partial charge in [0.15, 0.2) is 0 Å². The largest absolute Gasteiger partial charge is 0.469 e. The van der Waals surface area contributed by atoms with E-state index in [2.05, 4.69) is 0 Å². The van der Waals surface area contributed by atoms with Crippen LogP contribution in [0.5, 0.6) is 0 Å². The minimum Gasteiger partial charge on any atom is -0.469 e. The molecule has 0 heterocycles. The minimum atomic E-state index is -0.273. The molecule has 0 bridgehead atoms. The second kappa shape index (κ2) is 3.44. The van der Waals surface area contributed by atoms with Crippen LogP contribution in [0.3, 0.4) is 0 Å². The molecule has 0 atom stereocenters.